The highest BCUT2D eigenvalue weighted by atomic mass is 16.3. The average molecular weight is 669 g/mol. The molecule has 52 heavy (non-hydrogen) atoms. The molecule has 0 amide bonds. The van der Waals surface area contributed by atoms with Crippen LogP contribution in [0.2, 0.25) is 0 Å². The molecular formula is C46H28N4O2. The van der Waals surface area contributed by atoms with E-state index in [1.165, 1.54) is 0 Å². The van der Waals surface area contributed by atoms with Crippen LogP contribution in [0.4, 0.5) is 0 Å². The molecule has 11 rings (SSSR count). The summed E-state index contributed by atoms with van der Waals surface area (Å²) in [5.41, 5.74) is 9.46. The van der Waals surface area contributed by atoms with E-state index in [2.05, 4.69) is 97.1 Å². The Morgan fingerprint density at radius 3 is 2.12 bits per heavy atom. The predicted octanol–water partition coefficient (Wildman–Crippen LogP) is 11.6. The Bertz CT molecular complexity index is 3100. The highest BCUT2D eigenvalue weighted by Crippen LogP contribution is 2.43. The predicted molar refractivity (Wildman–Crippen MR) is 208 cm³/mol. The van der Waals surface area contributed by atoms with E-state index in [9.17, 15) is 0 Å². The third-order valence-electron chi connectivity index (χ3n) is 10.3. The molecule has 0 saturated carbocycles. The molecule has 0 N–H and O–H groups in total. The summed E-state index contributed by atoms with van der Waals surface area (Å²) in [6.07, 6.45) is 5.92. The Balaban J connectivity index is 1.15. The molecule has 1 aliphatic rings. The van der Waals surface area contributed by atoms with Gasteiger partial charge in [0.25, 0.3) is 0 Å². The molecule has 0 saturated heterocycles. The fraction of sp³-hybridized carbons (Fsp3) is 0.0435. The smallest absolute Gasteiger partial charge is 0.164 e. The minimum atomic E-state index is 0.592. The number of fused-ring (bicyclic) bond motifs is 8. The Hall–Kier alpha value is -6.92. The van der Waals surface area contributed by atoms with Crippen LogP contribution in [0.3, 0.4) is 0 Å². The van der Waals surface area contributed by atoms with Gasteiger partial charge in [-0.2, -0.15) is 0 Å². The van der Waals surface area contributed by atoms with E-state index in [-0.39, 0.29) is 0 Å². The maximum absolute atomic E-state index is 6.30. The lowest BCUT2D eigenvalue weighted by Gasteiger charge is -2.17. The lowest BCUT2D eigenvalue weighted by Crippen LogP contribution is -2.02. The molecule has 0 spiro atoms. The normalized spacial score (nSPS) is 13.0. The average Bonchev–Trinajstić information content (AvgIpc) is 3.79. The molecule has 0 radical (unpaired) electrons. The van der Waals surface area contributed by atoms with Gasteiger partial charge in [-0.15, -0.1) is 0 Å². The third-order valence-corrected chi connectivity index (χ3v) is 10.3. The molecule has 0 atom stereocenters. The van der Waals surface area contributed by atoms with Crippen molar-refractivity contribution in [3.05, 3.63) is 163 Å². The summed E-state index contributed by atoms with van der Waals surface area (Å²) in [6.45, 7) is 0. The van der Waals surface area contributed by atoms with Crippen LogP contribution < -0.4 is 0 Å². The van der Waals surface area contributed by atoms with Crippen LogP contribution in [0.1, 0.15) is 23.3 Å². The lowest BCUT2D eigenvalue weighted by atomic mass is 9.87. The van der Waals surface area contributed by atoms with Crippen molar-refractivity contribution >= 4 is 60.2 Å². The van der Waals surface area contributed by atoms with E-state index in [1.54, 1.807) is 0 Å². The highest BCUT2D eigenvalue weighted by molar-refractivity contribution is 6.12. The number of hydrogen-bond acceptors (Lipinski definition) is 6. The number of nitrogens with zero attached hydrogens (tertiary/aromatic N) is 4. The fourth-order valence-electron chi connectivity index (χ4n) is 7.89. The van der Waals surface area contributed by atoms with Gasteiger partial charge in [0, 0.05) is 45.6 Å². The van der Waals surface area contributed by atoms with Crippen LogP contribution in [0.5, 0.6) is 0 Å². The Kier molecular flexibility index (Phi) is 6.28. The number of allylic oxidation sites excluding steroid dienone is 1. The standard InChI is InChI=1S/C46H28N4O2/c1-2-11-28-26-29(22-21-27(28)10-1)44-48-45(50-46(49-44)36-16-8-18-38-41(36)35-14-5-6-17-37(35)51-38)34-24-23-32(30-12-3-4-13-31(30)34)33-15-7-19-39-42(33)43-40(52-39)20-9-25-47-43/h1-6,8-18,20-26H,7,19H2. The van der Waals surface area contributed by atoms with Crippen LogP contribution in [0.25, 0.3) is 94.3 Å². The van der Waals surface area contributed by atoms with Gasteiger partial charge in [-0.25, -0.2) is 15.0 Å². The number of rotatable bonds is 4. The van der Waals surface area contributed by atoms with Gasteiger partial charge in [0.15, 0.2) is 23.1 Å². The maximum atomic E-state index is 6.30. The minimum absolute atomic E-state index is 0.592. The van der Waals surface area contributed by atoms with Crippen LogP contribution >= 0.6 is 0 Å². The highest BCUT2D eigenvalue weighted by Gasteiger charge is 2.25. The molecule has 6 nitrogen and oxygen atoms in total. The molecule has 10 aromatic rings. The quantitative estimate of drug-likeness (QED) is 0.186. The van der Waals surface area contributed by atoms with Gasteiger partial charge in [0.2, 0.25) is 0 Å². The first-order valence-electron chi connectivity index (χ1n) is 17.5. The first-order valence-corrected chi connectivity index (χ1v) is 17.5. The Morgan fingerprint density at radius 2 is 1.21 bits per heavy atom. The van der Waals surface area contributed by atoms with E-state index in [4.69, 9.17) is 28.8 Å². The number of pyridine rings is 1. The molecule has 6 heteroatoms. The lowest BCUT2D eigenvalue weighted by molar-refractivity contribution is 0.545. The number of hydrogen-bond donors (Lipinski definition) is 0. The molecule has 0 unspecified atom stereocenters. The minimum Gasteiger partial charge on any atom is -0.459 e. The van der Waals surface area contributed by atoms with Gasteiger partial charge in [-0.05, 0) is 75.5 Å². The van der Waals surface area contributed by atoms with Crippen LogP contribution in [-0.2, 0) is 6.42 Å². The summed E-state index contributed by atoms with van der Waals surface area (Å²) in [5, 5.41) is 6.48. The van der Waals surface area contributed by atoms with Gasteiger partial charge in [0.05, 0.1) is 0 Å². The van der Waals surface area contributed by atoms with Crippen molar-refractivity contribution < 1.29 is 8.83 Å². The number of benzene rings is 6. The molecule has 0 aliphatic heterocycles. The molecule has 1 aliphatic carbocycles. The van der Waals surface area contributed by atoms with Crippen molar-refractivity contribution in [2.45, 2.75) is 12.8 Å². The van der Waals surface area contributed by atoms with E-state index in [1.807, 2.05) is 48.7 Å². The zero-order chi connectivity index (χ0) is 34.2. The SMILES string of the molecule is C1=C(c2ccc(-c3nc(-c4ccc5ccccc5c4)nc(-c4cccc5oc6ccccc6c45)n3)c3ccccc23)c2c(oc3cccnc23)CC1. The van der Waals surface area contributed by atoms with Gasteiger partial charge < -0.3 is 8.83 Å². The zero-order valence-electron chi connectivity index (χ0n) is 27.9. The van der Waals surface area contributed by atoms with Crippen molar-refractivity contribution in [2.24, 2.45) is 0 Å². The number of aryl methyl sites for hydroxylation is 1. The number of aromatic nitrogens is 4. The van der Waals surface area contributed by atoms with Crippen LogP contribution in [-0.4, -0.2) is 19.9 Å². The first-order chi connectivity index (χ1) is 25.8. The Morgan fingerprint density at radius 1 is 0.500 bits per heavy atom. The maximum Gasteiger partial charge on any atom is 0.164 e. The molecule has 4 heterocycles. The zero-order valence-corrected chi connectivity index (χ0v) is 27.9. The van der Waals surface area contributed by atoms with E-state index >= 15 is 0 Å². The van der Waals surface area contributed by atoms with Gasteiger partial charge in [-0.3, -0.25) is 4.98 Å². The van der Waals surface area contributed by atoms with E-state index < -0.39 is 0 Å². The van der Waals surface area contributed by atoms with E-state index in [0.29, 0.717) is 17.5 Å². The van der Waals surface area contributed by atoms with Crippen LogP contribution in [0.15, 0.2) is 155 Å². The van der Waals surface area contributed by atoms with Crippen molar-refractivity contribution in [1.29, 1.82) is 0 Å². The van der Waals surface area contributed by atoms with Gasteiger partial charge in [-0.1, -0.05) is 103 Å². The third kappa shape index (κ3) is 4.44. The topological polar surface area (TPSA) is 77.8 Å². The largest absolute Gasteiger partial charge is 0.459 e. The molecule has 4 aromatic heterocycles. The monoisotopic (exact) mass is 668 g/mol. The summed E-state index contributed by atoms with van der Waals surface area (Å²) in [7, 11) is 0. The second-order valence-corrected chi connectivity index (χ2v) is 13.3. The molecule has 244 valence electrons. The first kappa shape index (κ1) is 28.9. The second kappa shape index (κ2) is 11.3. The van der Waals surface area contributed by atoms with Crippen LogP contribution in [0, 0.1) is 0 Å². The summed E-state index contributed by atoms with van der Waals surface area (Å²) in [5.74, 6) is 2.80. The van der Waals surface area contributed by atoms with Gasteiger partial charge in [0.1, 0.15) is 22.4 Å². The van der Waals surface area contributed by atoms with Crippen molar-refractivity contribution in [2.75, 3.05) is 0 Å². The van der Waals surface area contributed by atoms with Gasteiger partial charge >= 0.3 is 0 Å². The van der Waals surface area contributed by atoms with E-state index in [0.717, 1.165) is 107 Å². The number of para-hydroxylation sites is 1. The van der Waals surface area contributed by atoms with Crippen molar-refractivity contribution in [1.82, 2.24) is 19.9 Å². The fourth-order valence-corrected chi connectivity index (χ4v) is 7.89. The van der Waals surface area contributed by atoms with Crippen molar-refractivity contribution in [3.63, 3.8) is 0 Å². The Labute approximate surface area is 297 Å². The number of furan rings is 2. The molecular weight excluding hydrogens is 641 g/mol. The summed E-state index contributed by atoms with van der Waals surface area (Å²) < 4.78 is 12.6. The molecule has 0 fully saturated rings. The summed E-state index contributed by atoms with van der Waals surface area (Å²) in [6, 6.07) is 45.7. The summed E-state index contributed by atoms with van der Waals surface area (Å²) in [4.78, 5) is 20.4. The molecule has 6 aromatic carbocycles. The molecule has 0 bridgehead atoms. The summed E-state index contributed by atoms with van der Waals surface area (Å²) >= 11 is 0. The van der Waals surface area contributed by atoms with Crippen molar-refractivity contribution in [3.8, 4) is 34.2 Å². The second-order valence-electron chi connectivity index (χ2n) is 13.3.